The van der Waals surface area contributed by atoms with Crippen LogP contribution < -0.4 is 4.74 Å². The van der Waals surface area contributed by atoms with E-state index in [0.29, 0.717) is 12.9 Å². The summed E-state index contributed by atoms with van der Waals surface area (Å²) in [6.45, 7) is 2.39. The molecule has 0 atom stereocenters. The molecule has 13 heavy (non-hydrogen) atoms. The fraction of sp³-hybridized carbons (Fsp3) is 0.300. The molecule has 0 aromatic heterocycles. The Bertz CT molecular complexity index is 297. The molecule has 0 N–H and O–H groups in total. The van der Waals surface area contributed by atoms with E-state index in [0.717, 1.165) is 6.42 Å². The molecule has 70 valence electrons. The zero-order chi connectivity index (χ0) is 9.68. The molecular formula is C10H11FO2. The van der Waals surface area contributed by atoms with Gasteiger partial charge in [-0.1, -0.05) is 13.0 Å². The molecule has 0 amide bonds. The van der Waals surface area contributed by atoms with Crippen molar-refractivity contribution in [3.63, 3.8) is 0 Å². The smallest absolute Gasteiger partial charge is 0.175 e. The summed E-state index contributed by atoms with van der Waals surface area (Å²) in [7, 11) is 0. The largest absolute Gasteiger partial charge is 0.491 e. The molecule has 0 radical (unpaired) electrons. The minimum absolute atomic E-state index is 0.0357. The second-order valence-electron chi connectivity index (χ2n) is 2.63. The average Bonchev–Trinajstić information content (AvgIpc) is 2.16. The molecule has 0 aliphatic carbocycles. The van der Waals surface area contributed by atoms with Crippen LogP contribution in [0.2, 0.25) is 0 Å². The Morgan fingerprint density at radius 1 is 1.54 bits per heavy atom. The number of hydrogen-bond acceptors (Lipinski definition) is 2. The number of halogens is 1. The molecule has 1 aromatic carbocycles. The molecule has 0 saturated carbocycles. The van der Waals surface area contributed by atoms with E-state index in [9.17, 15) is 9.18 Å². The SMILES string of the molecule is CCCOc1cccc(C=O)c1F. The van der Waals surface area contributed by atoms with Crippen molar-refractivity contribution in [3.8, 4) is 5.75 Å². The predicted molar refractivity (Wildman–Crippen MR) is 47.6 cm³/mol. The first-order valence-electron chi connectivity index (χ1n) is 4.16. The molecule has 0 aliphatic rings. The van der Waals surface area contributed by atoms with Crippen molar-refractivity contribution in [2.75, 3.05) is 6.61 Å². The summed E-state index contributed by atoms with van der Waals surface area (Å²) in [5.74, 6) is -0.433. The zero-order valence-corrected chi connectivity index (χ0v) is 7.42. The number of carbonyl (C=O) groups excluding carboxylic acids is 1. The average molecular weight is 182 g/mol. The molecule has 0 spiro atoms. The summed E-state index contributed by atoms with van der Waals surface area (Å²) in [6.07, 6.45) is 1.29. The molecule has 2 nitrogen and oxygen atoms in total. The molecule has 0 heterocycles. The van der Waals surface area contributed by atoms with Crippen LogP contribution in [0.5, 0.6) is 5.75 Å². The first kappa shape index (κ1) is 9.71. The van der Waals surface area contributed by atoms with Crippen molar-refractivity contribution in [1.82, 2.24) is 0 Å². The van der Waals surface area contributed by atoms with Crippen molar-refractivity contribution >= 4 is 6.29 Å². The lowest BCUT2D eigenvalue weighted by Crippen LogP contribution is -1.99. The van der Waals surface area contributed by atoms with Gasteiger partial charge in [-0.05, 0) is 18.6 Å². The van der Waals surface area contributed by atoms with Gasteiger partial charge in [0.15, 0.2) is 17.9 Å². The van der Waals surface area contributed by atoms with Crippen molar-refractivity contribution in [3.05, 3.63) is 29.6 Å². The Balaban J connectivity index is 2.87. The van der Waals surface area contributed by atoms with Crippen molar-refractivity contribution in [2.24, 2.45) is 0 Å². The van der Waals surface area contributed by atoms with Crippen LogP contribution in [0, 0.1) is 5.82 Å². The number of aldehydes is 1. The molecule has 1 rings (SSSR count). The monoisotopic (exact) mass is 182 g/mol. The normalized spacial score (nSPS) is 9.69. The predicted octanol–water partition coefficient (Wildman–Crippen LogP) is 2.43. The minimum Gasteiger partial charge on any atom is -0.491 e. The van der Waals surface area contributed by atoms with E-state index in [4.69, 9.17) is 4.74 Å². The summed E-state index contributed by atoms with van der Waals surface area (Å²) in [5, 5.41) is 0. The topological polar surface area (TPSA) is 26.3 Å². The van der Waals surface area contributed by atoms with Gasteiger partial charge >= 0.3 is 0 Å². The van der Waals surface area contributed by atoms with E-state index in [2.05, 4.69) is 0 Å². The maximum atomic E-state index is 13.2. The quantitative estimate of drug-likeness (QED) is 0.668. The zero-order valence-electron chi connectivity index (χ0n) is 7.42. The van der Waals surface area contributed by atoms with E-state index < -0.39 is 5.82 Å². The fourth-order valence-electron chi connectivity index (χ4n) is 0.942. The highest BCUT2D eigenvalue weighted by molar-refractivity contribution is 5.76. The number of carbonyl (C=O) groups is 1. The molecule has 0 aliphatic heterocycles. The van der Waals surface area contributed by atoms with Crippen LogP contribution in [-0.2, 0) is 0 Å². The number of benzene rings is 1. The number of rotatable bonds is 4. The number of hydrogen-bond donors (Lipinski definition) is 0. The van der Waals surface area contributed by atoms with Gasteiger partial charge in [-0.3, -0.25) is 4.79 Å². The molecule has 0 bridgehead atoms. The van der Waals surface area contributed by atoms with Crippen LogP contribution >= 0.6 is 0 Å². The Hall–Kier alpha value is -1.38. The summed E-state index contributed by atoms with van der Waals surface area (Å²) in [6, 6.07) is 4.52. The van der Waals surface area contributed by atoms with Gasteiger partial charge in [-0.2, -0.15) is 0 Å². The molecule has 0 fully saturated rings. The van der Waals surface area contributed by atoms with E-state index in [1.165, 1.54) is 12.1 Å². The van der Waals surface area contributed by atoms with Crippen LogP contribution in [0.3, 0.4) is 0 Å². The van der Waals surface area contributed by atoms with Crippen LogP contribution in [-0.4, -0.2) is 12.9 Å². The Labute approximate surface area is 76.3 Å². The lowest BCUT2D eigenvalue weighted by molar-refractivity contribution is 0.111. The minimum atomic E-state index is -0.578. The third kappa shape index (κ3) is 2.28. The third-order valence-corrected chi connectivity index (χ3v) is 1.58. The van der Waals surface area contributed by atoms with Crippen LogP contribution in [0.4, 0.5) is 4.39 Å². The lowest BCUT2D eigenvalue weighted by atomic mass is 10.2. The van der Waals surface area contributed by atoms with E-state index >= 15 is 0 Å². The molecule has 0 saturated heterocycles. The second kappa shape index (κ2) is 4.60. The highest BCUT2D eigenvalue weighted by Crippen LogP contribution is 2.19. The van der Waals surface area contributed by atoms with Crippen molar-refractivity contribution in [1.29, 1.82) is 0 Å². The summed E-state index contributed by atoms with van der Waals surface area (Å²) in [4.78, 5) is 10.4. The maximum absolute atomic E-state index is 13.2. The summed E-state index contributed by atoms with van der Waals surface area (Å²) >= 11 is 0. The van der Waals surface area contributed by atoms with Gasteiger partial charge in [0.1, 0.15) is 0 Å². The van der Waals surface area contributed by atoms with Gasteiger partial charge in [-0.25, -0.2) is 4.39 Å². The first-order chi connectivity index (χ1) is 6.29. The molecular weight excluding hydrogens is 171 g/mol. The van der Waals surface area contributed by atoms with E-state index in [-0.39, 0.29) is 11.3 Å². The first-order valence-corrected chi connectivity index (χ1v) is 4.16. The maximum Gasteiger partial charge on any atom is 0.175 e. The van der Waals surface area contributed by atoms with Gasteiger partial charge in [0.25, 0.3) is 0 Å². The van der Waals surface area contributed by atoms with Crippen LogP contribution in [0.25, 0.3) is 0 Å². The van der Waals surface area contributed by atoms with Crippen molar-refractivity contribution in [2.45, 2.75) is 13.3 Å². The Kier molecular flexibility index (Phi) is 3.43. The highest BCUT2D eigenvalue weighted by Gasteiger charge is 2.07. The Morgan fingerprint density at radius 3 is 2.92 bits per heavy atom. The van der Waals surface area contributed by atoms with Crippen LogP contribution in [0.1, 0.15) is 23.7 Å². The van der Waals surface area contributed by atoms with E-state index in [1.54, 1.807) is 6.07 Å². The van der Waals surface area contributed by atoms with Gasteiger partial charge in [0, 0.05) is 0 Å². The lowest BCUT2D eigenvalue weighted by Gasteiger charge is -2.05. The third-order valence-electron chi connectivity index (χ3n) is 1.58. The van der Waals surface area contributed by atoms with Gasteiger partial charge in [0.2, 0.25) is 0 Å². The summed E-state index contributed by atoms with van der Waals surface area (Å²) in [5.41, 5.74) is 0.0357. The standard InChI is InChI=1S/C10H11FO2/c1-2-6-13-9-5-3-4-8(7-12)10(9)11/h3-5,7H,2,6H2,1H3. The van der Waals surface area contributed by atoms with Gasteiger partial charge in [0.05, 0.1) is 12.2 Å². The molecule has 0 unspecified atom stereocenters. The van der Waals surface area contributed by atoms with Crippen molar-refractivity contribution < 1.29 is 13.9 Å². The van der Waals surface area contributed by atoms with Gasteiger partial charge in [-0.15, -0.1) is 0 Å². The second-order valence-corrected chi connectivity index (χ2v) is 2.63. The molecule has 3 heteroatoms. The van der Waals surface area contributed by atoms with Gasteiger partial charge < -0.3 is 4.74 Å². The molecule has 1 aromatic rings. The van der Waals surface area contributed by atoms with Crippen LogP contribution in [0.15, 0.2) is 18.2 Å². The summed E-state index contributed by atoms with van der Waals surface area (Å²) < 4.78 is 18.3. The Morgan fingerprint density at radius 2 is 2.31 bits per heavy atom. The van der Waals surface area contributed by atoms with E-state index in [1.807, 2.05) is 6.92 Å². The highest BCUT2D eigenvalue weighted by atomic mass is 19.1. The fourth-order valence-corrected chi connectivity index (χ4v) is 0.942. The number of ether oxygens (including phenoxy) is 1.